The van der Waals surface area contributed by atoms with Crippen LogP contribution in [0, 0.1) is 0 Å². The molecule has 0 radical (unpaired) electrons. The van der Waals surface area contributed by atoms with Gasteiger partial charge in [0.2, 0.25) is 0 Å². The van der Waals surface area contributed by atoms with Crippen LogP contribution in [0.1, 0.15) is 36.1 Å². The van der Waals surface area contributed by atoms with Gasteiger partial charge in [0.15, 0.2) is 0 Å². The molecular formula is C11H14N4OS. The number of hydrogen-bond acceptors (Lipinski definition) is 5. The topological polar surface area (TPSA) is 56.7 Å². The number of hydrogen-bond donors (Lipinski definition) is 0. The van der Waals surface area contributed by atoms with Gasteiger partial charge in [-0.3, -0.25) is 0 Å². The van der Waals surface area contributed by atoms with Gasteiger partial charge in [-0.25, -0.2) is 0 Å². The van der Waals surface area contributed by atoms with E-state index in [1.165, 1.54) is 12.8 Å². The van der Waals surface area contributed by atoms with Gasteiger partial charge in [-0.15, -0.1) is 22.0 Å². The highest BCUT2D eigenvalue weighted by molar-refractivity contribution is 7.97. The summed E-state index contributed by atoms with van der Waals surface area (Å²) in [4.78, 5) is 0. The molecule has 1 aliphatic rings. The van der Waals surface area contributed by atoms with Gasteiger partial charge in [-0.05, 0) is 12.8 Å². The van der Waals surface area contributed by atoms with Gasteiger partial charge in [0, 0.05) is 24.8 Å². The van der Waals surface area contributed by atoms with Crippen molar-refractivity contribution in [3.05, 3.63) is 29.7 Å². The summed E-state index contributed by atoms with van der Waals surface area (Å²) in [5.41, 5.74) is 0.972. The summed E-state index contributed by atoms with van der Waals surface area (Å²) in [6, 6.07) is 1.89. The van der Waals surface area contributed by atoms with Crippen LogP contribution in [0.3, 0.4) is 0 Å². The van der Waals surface area contributed by atoms with Gasteiger partial charge < -0.3 is 9.09 Å². The minimum Gasteiger partial charge on any atom is -0.364 e. The smallest absolute Gasteiger partial charge is 0.142 e. The molecule has 1 fully saturated rings. The SMILES string of the molecule is Cn1c(CSCc2ccon2)nnc1C1CC1. The van der Waals surface area contributed by atoms with Crippen molar-refractivity contribution in [2.75, 3.05) is 0 Å². The molecule has 0 unspecified atom stereocenters. The fourth-order valence-corrected chi connectivity index (χ4v) is 2.65. The fourth-order valence-electron chi connectivity index (χ4n) is 1.76. The predicted octanol–water partition coefficient (Wildman–Crippen LogP) is 2.11. The number of nitrogens with zero attached hydrogens (tertiary/aromatic N) is 4. The van der Waals surface area contributed by atoms with Crippen molar-refractivity contribution in [2.24, 2.45) is 7.05 Å². The van der Waals surface area contributed by atoms with Crippen LogP contribution in [0.4, 0.5) is 0 Å². The van der Waals surface area contributed by atoms with Gasteiger partial charge in [0.1, 0.15) is 17.9 Å². The molecule has 2 aromatic rings. The number of thioether (sulfide) groups is 1. The first-order valence-electron chi connectivity index (χ1n) is 5.70. The van der Waals surface area contributed by atoms with E-state index >= 15 is 0 Å². The monoisotopic (exact) mass is 250 g/mol. The zero-order chi connectivity index (χ0) is 11.7. The van der Waals surface area contributed by atoms with Crippen LogP contribution in [-0.4, -0.2) is 19.9 Å². The molecule has 1 saturated carbocycles. The van der Waals surface area contributed by atoms with Crippen LogP contribution in [0.15, 0.2) is 16.9 Å². The molecular weight excluding hydrogens is 236 g/mol. The Kier molecular flexibility index (Phi) is 2.88. The standard InChI is InChI=1S/C11H14N4OS/c1-15-10(12-13-11(15)8-2-3-8)7-17-6-9-4-5-16-14-9/h4-5,8H,2-3,6-7H2,1H3. The molecule has 0 saturated heterocycles. The molecule has 1 aliphatic carbocycles. The molecule has 2 heterocycles. The lowest BCUT2D eigenvalue weighted by Gasteiger charge is -2.01. The average molecular weight is 250 g/mol. The summed E-state index contributed by atoms with van der Waals surface area (Å²) in [5, 5.41) is 12.4. The van der Waals surface area contributed by atoms with Crippen molar-refractivity contribution in [2.45, 2.75) is 30.3 Å². The fraction of sp³-hybridized carbons (Fsp3) is 0.545. The molecule has 2 aromatic heterocycles. The molecule has 0 aliphatic heterocycles. The van der Waals surface area contributed by atoms with E-state index in [0.29, 0.717) is 5.92 Å². The molecule has 0 bridgehead atoms. The summed E-state index contributed by atoms with van der Waals surface area (Å²) >= 11 is 1.78. The Balaban J connectivity index is 1.57. The zero-order valence-electron chi connectivity index (χ0n) is 9.67. The van der Waals surface area contributed by atoms with Gasteiger partial charge in [-0.1, -0.05) is 5.16 Å². The molecule has 6 heteroatoms. The van der Waals surface area contributed by atoms with E-state index in [-0.39, 0.29) is 0 Å². The van der Waals surface area contributed by atoms with Crippen LogP contribution >= 0.6 is 11.8 Å². The molecule has 5 nitrogen and oxygen atoms in total. The van der Waals surface area contributed by atoms with E-state index < -0.39 is 0 Å². The first-order chi connectivity index (χ1) is 8.34. The van der Waals surface area contributed by atoms with E-state index in [1.54, 1.807) is 18.0 Å². The normalized spacial score (nSPS) is 15.4. The van der Waals surface area contributed by atoms with Crippen LogP contribution in [0.2, 0.25) is 0 Å². The van der Waals surface area contributed by atoms with Crippen molar-refractivity contribution < 1.29 is 4.52 Å². The summed E-state index contributed by atoms with van der Waals surface area (Å²) < 4.78 is 6.92. The van der Waals surface area contributed by atoms with E-state index in [2.05, 4.69) is 27.0 Å². The third-order valence-electron chi connectivity index (χ3n) is 2.91. The van der Waals surface area contributed by atoms with Crippen LogP contribution in [0.25, 0.3) is 0 Å². The summed E-state index contributed by atoms with van der Waals surface area (Å²) in [5.74, 6) is 4.55. The van der Waals surface area contributed by atoms with Crippen LogP contribution in [0.5, 0.6) is 0 Å². The number of aromatic nitrogens is 4. The van der Waals surface area contributed by atoms with E-state index in [1.807, 2.05) is 6.07 Å². The second-order valence-electron chi connectivity index (χ2n) is 4.29. The Labute approximate surface area is 104 Å². The lowest BCUT2D eigenvalue weighted by molar-refractivity contribution is 0.414. The molecule has 0 N–H and O–H groups in total. The van der Waals surface area contributed by atoms with Crippen molar-refractivity contribution in [3.63, 3.8) is 0 Å². The van der Waals surface area contributed by atoms with E-state index in [4.69, 9.17) is 4.52 Å². The molecule has 0 amide bonds. The molecule has 90 valence electrons. The highest BCUT2D eigenvalue weighted by atomic mass is 32.2. The zero-order valence-corrected chi connectivity index (χ0v) is 10.5. The summed E-state index contributed by atoms with van der Waals surface area (Å²) in [6.07, 6.45) is 4.12. The second kappa shape index (κ2) is 4.52. The van der Waals surface area contributed by atoms with Crippen molar-refractivity contribution >= 4 is 11.8 Å². The Hall–Kier alpha value is -1.30. The van der Waals surface area contributed by atoms with Gasteiger partial charge in [0.05, 0.1) is 11.4 Å². The third kappa shape index (κ3) is 2.36. The van der Waals surface area contributed by atoms with Crippen molar-refractivity contribution in [1.82, 2.24) is 19.9 Å². The van der Waals surface area contributed by atoms with Crippen molar-refractivity contribution in [3.8, 4) is 0 Å². The highest BCUT2D eigenvalue weighted by Gasteiger charge is 2.29. The lowest BCUT2D eigenvalue weighted by atomic mass is 10.4. The van der Waals surface area contributed by atoms with E-state index in [9.17, 15) is 0 Å². The van der Waals surface area contributed by atoms with Gasteiger partial charge in [0.25, 0.3) is 0 Å². The Morgan fingerprint density at radius 2 is 2.29 bits per heavy atom. The predicted molar refractivity (Wildman–Crippen MR) is 64.5 cm³/mol. The quantitative estimate of drug-likeness (QED) is 0.813. The average Bonchev–Trinajstić information content (AvgIpc) is 2.91. The minimum atomic E-state index is 0.654. The second-order valence-corrected chi connectivity index (χ2v) is 5.28. The van der Waals surface area contributed by atoms with Crippen LogP contribution in [-0.2, 0) is 18.6 Å². The van der Waals surface area contributed by atoms with Gasteiger partial charge in [-0.2, -0.15) is 0 Å². The first kappa shape index (κ1) is 10.8. The van der Waals surface area contributed by atoms with Crippen LogP contribution < -0.4 is 0 Å². The third-order valence-corrected chi connectivity index (χ3v) is 3.88. The Morgan fingerprint density at radius 3 is 3.00 bits per heavy atom. The van der Waals surface area contributed by atoms with Gasteiger partial charge >= 0.3 is 0 Å². The maximum atomic E-state index is 4.79. The highest BCUT2D eigenvalue weighted by Crippen LogP contribution is 2.38. The maximum absolute atomic E-state index is 4.79. The lowest BCUT2D eigenvalue weighted by Crippen LogP contribution is -2.00. The maximum Gasteiger partial charge on any atom is 0.142 e. The number of rotatable bonds is 5. The molecule has 0 aromatic carbocycles. The molecule has 3 rings (SSSR count). The minimum absolute atomic E-state index is 0.654. The van der Waals surface area contributed by atoms with E-state index in [0.717, 1.165) is 28.8 Å². The Bertz CT molecular complexity index is 490. The largest absolute Gasteiger partial charge is 0.364 e. The first-order valence-corrected chi connectivity index (χ1v) is 6.85. The Morgan fingerprint density at radius 1 is 1.41 bits per heavy atom. The summed E-state index contributed by atoms with van der Waals surface area (Å²) in [7, 11) is 2.06. The molecule has 0 spiro atoms. The summed E-state index contributed by atoms with van der Waals surface area (Å²) in [6.45, 7) is 0. The molecule has 17 heavy (non-hydrogen) atoms. The van der Waals surface area contributed by atoms with Crippen molar-refractivity contribution in [1.29, 1.82) is 0 Å². The molecule has 0 atom stereocenters.